The van der Waals surface area contributed by atoms with Gasteiger partial charge in [0.1, 0.15) is 11.6 Å². The molecule has 1 N–H and O–H groups in total. The first-order valence-electron chi connectivity index (χ1n) is 7.38. The minimum Gasteiger partial charge on any atom is -0.347 e. The number of rotatable bonds is 4. The Labute approximate surface area is 137 Å². The number of amides is 1. The van der Waals surface area contributed by atoms with Crippen LogP contribution in [0.2, 0.25) is 0 Å². The normalized spacial score (nSPS) is 10.6. The second kappa shape index (κ2) is 6.62. The Morgan fingerprint density at radius 2 is 1.62 bits per heavy atom. The molecule has 0 aliphatic heterocycles. The van der Waals surface area contributed by atoms with Crippen molar-refractivity contribution in [1.29, 1.82) is 0 Å². The number of aryl methyl sites for hydroxylation is 1. The van der Waals surface area contributed by atoms with Gasteiger partial charge >= 0.3 is 0 Å². The quantitative estimate of drug-likeness (QED) is 0.798. The number of benzene rings is 2. The number of nitrogens with one attached hydrogen (secondary N) is 1. The van der Waals surface area contributed by atoms with E-state index in [4.69, 9.17) is 0 Å². The fourth-order valence-electron chi connectivity index (χ4n) is 2.30. The fraction of sp³-hybridized carbons (Fsp3) is 0.111. The molecule has 0 fully saturated rings. The molecule has 0 spiro atoms. The van der Waals surface area contributed by atoms with Crippen LogP contribution in [0.5, 0.6) is 0 Å². The van der Waals surface area contributed by atoms with Gasteiger partial charge in [-0.05, 0) is 55.0 Å². The third-order valence-corrected chi connectivity index (χ3v) is 3.56. The predicted octanol–water partition coefficient (Wildman–Crippen LogP) is 3.39. The molecule has 3 aromatic rings. The second-order valence-corrected chi connectivity index (χ2v) is 5.37. The van der Waals surface area contributed by atoms with Crippen LogP contribution in [0.3, 0.4) is 0 Å². The second-order valence-electron chi connectivity index (χ2n) is 5.37. The van der Waals surface area contributed by atoms with Crippen molar-refractivity contribution in [3.05, 3.63) is 83.2 Å². The van der Waals surface area contributed by atoms with Gasteiger partial charge in [-0.25, -0.2) is 13.5 Å². The third kappa shape index (κ3) is 3.48. The van der Waals surface area contributed by atoms with Crippen molar-refractivity contribution < 1.29 is 13.6 Å². The number of nitrogens with zero attached hydrogens (tertiary/aromatic N) is 2. The van der Waals surface area contributed by atoms with Crippen LogP contribution in [0, 0.1) is 18.6 Å². The summed E-state index contributed by atoms with van der Waals surface area (Å²) in [5, 5.41) is 7.00. The molecule has 24 heavy (non-hydrogen) atoms. The van der Waals surface area contributed by atoms with E-state index < -0.39 is 0 Å². The minimum absolute atomic E-state index is 0.263. The maximum atomic E-state index is 13.0. The molecular formula is C18H15F2N3O. The topological polar surface area (TPSA) is 46.9 Å². The van der Waals surface area contributed by atoms with Crippen LogP contribution in [0.15, 0.2) is 54.6 Å². The largest absolute Gasteiger partial charge is 0.347 e. The van der Waals surface area contributed by atoms with Gasteiger partial charge < -0.3 is 5.32 Å². The molecule has 0 bridgehead atoms. The Hall–Kier alpha value is -3.02. The summed E-state index contributed by atoms with van der Waals surface area (Å²) >= 11 is 0. The summed E-state index contributed by atoms with van der Waals surface area (Å²) in [6.07, 6.45) is 0. The van der Waals surface area contributed by atoms with E-state index in [0.717, 1.165) is 11.3 Å². The van der Waals surface area contributed by atoms with Crippen LogP contribution in [0.4, 0.5) is 8.78 Å². The Kier molecular flexibility index (Phi) is 4.37. The molecule has 0 radical (unpaired) electrons. The highest BCUT2D eigenvalue weighted by atomic mass is 19.1. The van der Waals surface area contributed by atoms with E-state index in [1.807, 2.05) is 6.92 Å². The van der Waals surface area contributed by atoms with Gasteiger partial charge in [-0.2, -0.15) is 5.10 Å². The summed E-state index contributed by atoms with van der Waals surface area (Å²) in [5.74, 6) is -0.983. The smallest absolute Gasteiger partial charge is 0.272 e. The molecule has 3 rings (SSSR count). The zero-order chi connectivity index (χ0) is 17.1. The Morgan fingerprint density at radius 1 is 1.04 bits per heavy atom. The molecule has 0 aliphatic rings. The van der Waals surface area contributed by atoms with Crippen LogP contribution >= 0.6 is 0 Å². The van der Waals surface area contributed by atoms with Gasteiger partial charge in [0.25, 0.3) is 5.91 Å². The zero-order valence-electron chi connectivity index (χ0n) is 13.0. The number of hydrogen-bond acceptors (Lipinski definition) is 2. The van der Waals surface area contributed by atoms with Gasteiger partial charge in [0.05, 0.1) is 5.69 Å². The fourth-order valence-corrected chi connectivity index (χ4v) is 2.30. The minimum atomic E-state index is -0.333. The molecule has 0 saturated carbocycles. The average Bonchev–Trinajstić information content (AvgIpc) is 2.97. The van der Waals surface area contributed by atoms with E-state index in [2.05, 4.69) is 10.4 Å². The van der Waals surface area contributed by atoms with Gasteiger partial charge in [-0.15, -0.1) is 0 Å². The molecule has 0 aliphatic carbocycles. The van der Waals surface area contributed by atoms with Gasteiger partial charge in [0.15, 0.2) is 5.69 Å². The summed E-state index contributed by atoms with van der Waals surface area (Å²) < 4.78 is 27.4. The lowest BCUT2D eigenvalue weighted by Crippen LogP contribution is -2.23. The number of halogens is 2. The van der Waals surface area contributed by atoms with Crippen LogP contribution in [-0.2, 0) is 6.54 Å². The summed E-state index contributed by atoms with van der Waals surface area (Å²) in [6.45, 7) is 2.09. The number of hydrogen-bond donors (Lipinski definition) is 1. The standard InChI is InChI=1S/C18H15F2N3O/c1-12-10-17(22-23(12)16-8-6-15(20)7-9-16)18(24)21-11-13-2-4-14(19)5-3-13/h2-10H,11H2,1H3,(H,21,24). The van der Waals surface area contributed by atoms with Gasteiger partial charge in [-0.1, -0.05) is 12.1 Å². The maximum Gasteiger partial charge on any atom is 0.272 e. The summed E-state index contributed by atoms with van der Waals surface area (Å²) in [7, 11) is 0. The van der Waals surface area contributed by atoms with Crippen molar-refractivity contribution in [2.75, 3.05) is 0 Å². The number of carbonyl (C=O) groups is 1. The highest BCUT2D eigenvalue weighted by Gasteiger charge is 2.13. The zero-order valence-corrected chi connectivity index (χ0v) is 13.0. The molecule has 6 heteroatoms. The van der Waals surface area contributed by atoms with Crippen LogP contribution in [0.1, 0.15) is 21.7 Å². The predicted molar refractivity (Wildman–Crippen MR) is 85.8 cm³/mol. The highest BCUT2D eigenvalue weighted by Crippen LogP contribution is 2.13. The first-order chi connectivity index (χ1) is 11.5. The Balaban J connectivity index is 1.72. The molecule has 2 aromatic carbocycles. The van der Waals surface area contributed by atoms with E-state index in [1.54, 1.807) is 35.0 Å². The van der Waals surface area contributed by atoms with E-state index in [-0.39, 0.29) is 29.8 Å². The van der Waals surface area contributed by atoms with Crippen molar-refractivity contribution in [2.45, 2.75) is 13.5 Å². The molecule has 1 heterocycles. The molecule has 0 saturated heterocycles. The van der Waals surface area contributed by atoms with Crippen LogP contribution in [0.25, 0.3) is 5.69 Å². The summed E-state index contributed by atoms with van der Waals surface area (Å²) in [5.41, 5.74) is 2.48. The van der Waals surface area contributed by atoms with Crippen molar-refractivity contribution in [3.63, 3.8) is 0 Å². The van der Waals surface area contributed by atoms with E-state index in [1.165, 1.54) is 24.3 Å². The lowest BCUT2D eigenvalue weighted by molar-refractivity contribution is 0.0945. The van der Waals surface area contributed by atoms with E-state index >= 15 is 0 Å². The third-order valence-electron chi connectivity index (χ3n) is 3.56. The van der Waals surface area contributed by atoms with Gasteiger partial charge in [-0.3, -0.25) is 4.79 Å². The monoisotopic (exact) mass is 327 g/mol. The first-order valence-corrected chi connectivity index (χ1v) is 7.38. The number of carbonyl (C=O) groups excluding carboxylic acids is 1. The Bertz CT molecular complexity index is 855. The average molecular weight is 327 g/mol. The van der Waals surface area contributed by atoms with Crippen molar-refractivity contribution in [1.82, 2.24) is 15.1 Å². The molecule has 1 aromatic heterocycles. The van der Waals surface area contributed by atoms with E-state index in [0.29, 0.717) is 5.69 Å². The van der Waals surface area contributed by atoms with Crippen molar-refractivity contribution >= 4 is 5.91 Å². The van der Waals surface area contributed by atoms with Crippen molar-refractivity contribution in [2.24, 2.45) is 0 Å². The lowest BCUT2D eigenvalue weighted by atomic mass is 10.2. The Morgan fingerprint density at radius 3 is 2.25 bits per heavy atom. The number of aromatic nitrogens is 2. The highest BCUT2D eigenvalue weighted by molar-refractivity contribution is 5.92. The molecule has 4 nitrogen and oxygen atoms in total. The summed E-state index contributed by atoms with van der Waals surface area (Å²) in [6, 6.07) is 13.4. The molecule has 0 atom stereocenters. The molecular weight excluding hydrogens is 312 g/mol. The van der Waals surface area contributed by atoms with Crippen LogP contribution < -0.4 is 5.32 Å². The summed E-state index contributed by atoms with van der Waals surface area (Å²) in [4.78, 5) is 12.2. The van der Waals surface area contributed by atoms with E-state index in [9.17, 15) is 13.6 Å². The van der Waals surface area contributed by atoms with Crippen LogP contribution in [-0.4, -0.2) is 15.7 Å². The molecule has 122 valence electrons. The van der Waals surface area contributed by atoms with Gasteiger partial charge in [0, 0.05) is 12.2 Å². The molecule has 1 amide bonds. The lowest BCUT2D eigenvalue weighted by Gasteiger charge is -2.04. The maximum absolute atomic E-state index is 13.0. The molecule has 0 unspecified atom stereocenters. The van der Waals surface area contributed by atoms with Gasteiger partial charge in [0.2, 0.25) is 0 Å². The first kappa shape index (κ1) is 15.9. The SMILES string of the molecule is Cc1cc(C(=O)NCc2ccc(F)cc2)nn1-c1ccc(F)cc1. The van der Waals surface area contributed by atoms with Crippen molar-refractivity contribution in [3.8, 4) is 5.69 Å².